The number of carbonyl (C=O) groups is 2. The summed E-state index contributed by atoms with van der Waals surface area (Å²) in [7, 11) is 0. The molecule has 0 aliphatic heterocycles. The van der Waals surface area contributed by atoms with Crippen molar-refractivity contribution in [2.24, 2.45) is 0 Å². The maximum atomic E-state index is 12.3. The van der Waals surface area contributed by atoms with Crippen LogP contribution < -0.4 is 5.32 Å². The van der Waals surface area contributed by atoms with Crippen LogP contribution in [0.3, 0.4) is 0 Å². The van der Waals surface area contributed by atoms with E-state index < -0.39 is 5.97 Å². The van der Waals surface area contributed by atoms with Crippen LogP contribution in [0.4, 0.5) is 0 Å². The second-order valence-corrected chi connectivity index (χ2v) is 6.72. The van der Waals surface area contributed by atoms with Crippen LogP contribution in [0.15, 0.2) is 30.3 Å². The molecule has 1 aromatic heterocycles. The lowest BCUT2D eigenvalue weighted by Gasteiger charge is -2.24. The molecular formula is C18H22ClN3O3. The third-order valence-corrected chi connectivity index (χ3v) is 4.25. The number of hydrogen-bond donors (Lipinski definition) is 1. The summed E-state index contributed by atoms with van der Waals surface area (Å²) in [5.41, 5.74) is 0.980. The molecule has 0 atom stereocenters. The summed E-state index contributed by atoms with van der Waals surface area (Å²) in [6.45, 7) is 7.07. The number of nitrogens with zero attached hydrogens (tertiary/aromatic N) is 2. The highest BCUT2D eigenvalue weighted by atomic mass is 35.5. The van der Waals surface area contributed by atoms with Gasteiger partial charge in [-0.1, -0.05) is 36.7 Å². The van der Waals surface area contributed by atoms with Gasteiger partial charge in [-0.05, 0) is 39.3 Å². The number of amides is 1. The largest absolute Gasteiger partial charge is 0.452 e. The summed E-state index contributed by atoms with van der Waals surface area (Å²) < 4.78 is 6.57. The van der Waals surface area contributed by atoms with Gasteiger partial charge >= 0.3 is 5.97 Å². The normalized spacial score (nSPS) is 11.2. The molecule has 0 spiro atoms. The second-order valence-electron chi connectivity index (χ2n) is 6.36. The van der Waals surface area contributed by atoms with Crippen molar-refractivity contribution < 1.29 is 14.3 Å². The Balaban J connectivity index is 2.10. The van der Waals surface area contributed by atoms with E-state index >= 15 is 0 Å². The van der Waals surface area contributed by atoms with Gasteiger partial charge in [-0.3, -0.25) is 4.79 Å². The third-order valence-electron chi connectivity index (χ3n) is 3.90. The average molecular weight is 364 g/mol. The summed E-state index contributed by atoms with van der Waals surface area (Å²) in [6, 6.07) is 9.22. The van der Waals surface area contributed by atoms with E-state index in [1.807, 2.05) is 51.1 Å². The number of aromatic nitrogens is 2. The van der Waals surface area contributed by atoms with E-state index in [-0.39, 0.29) is 28.8 Å². The molecule has 0 fully saturated rings. The van der Waals surface area contributed by atoms with Gasteiger partial charge < -0.3 is 10.1 Å². The van der Waals surface area contributed by atoms with Crippen molar-refractivity contribution in [1.82, 2.24) is 15.1 Å². The Morgan fingerprint density at radius 3 is 2.52 bits per heavy atom. The zero-order chi connectivity index (χ0) is 18.6. The van der Waals surface area contributed by atoms with Crippen molar-refractivity contribution in [2.45, 2.75) is 39.7 Å². The van der Waals surface area contributed by atoms with Crippen molar-refractivity contribution in [3.63, 3.8) is 0 Å². The van der Waals surface area contributed by atoms with Crippen molar-refractivity contribution in [3.05, 3.63) is 46.7 Å². The Bertz CT molecular complexity index is 769. The van der Waals surface area contributed by atoms with Gasteiger partial charge in [-0.2, -0.15) is 5.10 Å². The van der Waals surface area contributed by atoms with Crippen LogP contribution in [0.5, 0.6) is 0 Å². The average Bonchev–Trinajstić information content (AvgIpc) is 2.88. The van der Waals surface area contributed by atoms with Crippen LogP contribution in [0.1, 0.15) is 43.2 Å². The molecule has 25 heavy (non-hydrogen) atoms. The predicted molar refractivity (Wildman–Crippen MR) is 96.1 cm³/mol. The van der Waals surface area contributed by atoms with Gasteiger partial charge in [-0.25, -0.2) is 9.48 Å². The van der Waals surface area contributed by atoms with Crippen LogP contribution >= 0.6 is 11.6 Å². The highest BCUT2D eigenvalue weighted by Crippen LogP contribution is 2.24. The number of esters is 1. The Morgan fingerprint density at radius 1 is 1.28 bits per heavy atom. The minimum atomic E-state index is -0.672. The molecular weight excluding hydrogens is 342 g/mol. The number of para-hydroxylation sites is 1. The smallest absolute Gasteiger partial charge is 0.343 e. The van der Waals surface area contributed by atoms with Crippen molar-refractivity contribution in [3.8, 4) is 5.69 Å². The van der Waals surface area contributed by atoms with E-state index in [9.17, 15) is 9.59 Å². The molecule has 134 valence electrons. The third kappa shape index (κ3) is 4.60. The first-order valence-corrected chi connectivity index (χ1v) is 8.41. The Hall–Kier alpha value is -2.34. The molecule has 1 aromatic carbocycles. The molecule has 0 bridgehead atoms. The number of aryl methyl sites for hydroxylation is 1. The van der Waals surface area contributed by atoms with Gasteiger partial charge in [0.15, 0.2) is 6.61 Å². The fraction of sp³-hybridized carbons (Fsp3) is 0.389. The molecule has 0 saturated heterocycles. The fourth-order valence-corrected chi connectivity index (χ4v) is 2.53. The maximum Gasteiger partial charge on any atom is 0.343 e. The lowest BCUT2D eigenvalue weighted by molar-refractivity contribution is -0.125. The molecule has 1 amide bonds. The second kappa shape index (κ2) is 7.70. The Morgan fingerprint density at radius 2 is 1.92 bits per heavy atom. The molecule has 1 N–H and O–H groups in total. The number of carbonyl (C=O) groups excluding carboxylic acids is 2. The van der Waals surface area contributed by atoms with Crippen LogP contribution in [0, 0.1) is 6.92 Å². The standard InChI is InChI=1S/C18H22ClN3O3/c1-5-18(3,4)20-14(23)11-25-17(24)15-12(2)21-22(16(15)19)13-9-7-6-8-10-13/h6-10H,5,11H2,1-4H3,(H,20,23). The summed E-state index contributed by atoms with van der Waals surface area (Å²) in [5.74, 6) is -1.03. The molecule has 0 aliphatic carbocycles. The van der Waals surface area contributed by atoms with Gasteiger partial charge in [0.2, 0.25) is 0 Å². The minimum absolute atomic E-state index is 0.156. The van der Waals surface area contributed by atoms with Gasteiger partial charge in [0, 0.05) is 5.54 Å². The zero-order valence-electron chi connectivity index (χ0n) is 14.8. The predicted octanol–water partition coefficient (Wildman–Crippen LogP) is 3.30. The molecule has 2 aromatic rings. The van der Waals surface area contributed by atoms with E-state index in [0.717, 1.165) is 12.1 Å². The Labute approximate surface area is 152 Å². The number of rotatable bonds is 6. The van der Waals surface area contributed by atoms with Crippen molar-refractivity contribution in [1.29, 1.82) is 0 Å². The van der Waals surface area contributed by atoms with E-state index in [1.165, 1.54) is 4.68 Å². The summed E-state index contributed by atoms with van der Waals surface area (Å²) in [4.78, 5) is 24.2. The quantitative estimate of drug-likeness (QED) is 0.799. The van der Waals surface area contributed by atoms with Crippen LogP contribution in [-0.2, 0) is 9.53 Å². The number of hydrogen-bond acceptors (Lipinski definition) is 4. The topological polar surface area (TPSA) is 73.2 Å². The molecule has 0 radical (unpaired) electrons. The molecule has 0 saturated carbocycles. The van der Waals surface area contributed by atoms with Crippen molar-refractivity contribution in [2.75, 3.05) is 6.61 Å². The summed E-state index contributed by atoms with van der Waals surface area (Å²) in [5, 5.41) is 7.24. The molecule has 2 rings (SSSR count). The van der Waals surface area contributed by atoms with Gasteiger partial charge in [0.25, 0.3) is 5.91 Å². The molecule has 0 aliphatic rings. The van der Waals surface area contributed by atoms with E-state index in [4.69, 9.17) is 16.3 Å². The van der Waals surface area contributed by atoms with E-state index in [2.05, 4.69) is 10.4 Å². The lowest BCUT2D eigenvalue weighted by Crippen LogP contribution is -2.44. The zero-order valence-corrected chi connectivity index (χ0v) is 15.6. The summed E-state index contributed by atoms with van der Waals surface area (Å²) >= 11 is 6.30. The van der Waals surface area contributed by atoms with Gasteiger partial charge in [-0.15, -0.1) is 0 Å². The van der Waals surface area contributed by atoms with Crippen LogP contribution in [-0.4, -0.2) is 33.8 Å². The first kappa shape index (κ1) is 19.0. The summed E-state index contributed by atoms with van der Waals surface area (Å²) in [6.07, 6.45) is 0.765. The van der Waals surface area contributed by atoms with Crippen LogP contribution in [0.2, 0.25) is 5.15 Å². The monoisotopic (exact) mass is 363 g/mol. The fourth-order valence-electron chi connectivity index (χ4n) is 2.18. The minimum Gasteiger partial charge on any atom is -0.452 e. The molecule has 7 heteroatoms. The van der Waals surface area contributed by atoms with E-state index in [0.29, 0.717) is 5.69 Å². The van der Waals surface area contributed by atoms with Crippen molar-refractivity contribution >= 4 is 23.5 Å². The highest BCUT2D eigenvalue weighted by molar-refractivity contribution is 6.33. The number of benzene rings is 1. The number of nitrogens with one attached hydrogen (secondary N) is 1. The lowest BCUT2D eigenvalue weighted by atomic mass is 10.0. The van der Waals surface area contributed by atoms with E-state index in [1.54, 1.807) is 6.92 Å². The first-order chi connectivity index (χ1) is 11.7. The SMILES string of the molecule is CCC(C)(C)NC(=O)COC(=O)c1c(C)nn(-c2ccccc2)c1Cl. The Kier molecular flexibility index (Phi) is 5.85. The highest BCUT2D eigenvalue weighted by Gasteiger charge is 2.24. The molecule has 6 nitrogen and oxygen atoms in total. The number of ether oxygens (including phenoxy) is 1. The van der Waals surface area contributed by atoms with Crippen LogP contribution in [0.25, 0.3) is 5.69 Å². The van der Waals surface area contributed by atoms with Gasteiger partial charge in [0.1, 0.15) is 10.7 Å². The maximum absolute atomic E-state index is 12.3. The molecule has 0 unspecified atom stereocenters. The van der Waals surface area contributed by atoms with Gasteiger partial charge in [0.05, 0.1) is 11.4 Å². The first-order valence-electron chi connectivity index (χ1n) is 8.04. The number of halogens is 1. The molecule has 1 heterocycles.